The van der Waals surface area contributed by atoms with Gasteiger partial charge in [-0.05, 0) is 12.8 Å². The van der Waals surface area contributed by atoms with E-state index in [1.54, 1.807) is 4.90 Å². The Kier molecular flexibility index (Phi) is 2.76. The van der Waals surface area contributed by atoms with Crippen LogP contribution < -0.4 is 0 Å². The fourth-order valence-corrected chi connectivity index (χ4v) is 2.09. The van der Waals surface area contributed by atoms with Gasteiger partial charge in [0.2, 0.25) is 5.91 Å². The molecule has 0 aliphatic heterocycles. The van der Waals surface area contributed by atoms with Crippen LogP contribution in [-0.4, -0.2) is 24.9 Å². The summed E-state index contributed by atoms with van der Waals surface area (Å²) < 4.78 is 0. The molecule has 1 amide bonds. The Morgan fingerprint density at radius 1 is 1.17 bits per heavy atom. The summed E-state index contributed by atoms with van der Waals surface area (Å²) in [5, 5.41) is 0. The predicted octanol–water partition coefficient (Wildman–Crippen LogP) is 2.04. The fourth-order valence-electron chi connectivity index (χ4n) is 2.09. The van der Waals surface area contributed by atoms with Crippen molar-refractivity contribution in [2.24, 2.45) is 5.41 Å². The second kappa shape index (κ2) is 3.46. The van der Waals surface area contributed by atoms with Crippen LogP contribution in [0.4, 0.5) is 0 Å². The Morgan fingerprint density at radius 3 is 2.08 bits per heavy atom. The molecule has 0 atom stereocenters. The van der Waals surface area contributed by atoms with Crippen LogP contribution in [0.2, 0.25) is 0 Å². The standard InChI is InChI=1S/C10H19NO/c1-10(9(12)11(2)3)7-5-4-6-8-10/h4-8H2,1-3H3. The summed E-state index contributed by atoms with van der Waals surface area (Å²) in [6.07, 6.45) is 5.89. The molecule has 70 valence electrons. The molecule has 0 bridgehead atoms. The average Bonchev–Trinajstić information content (AvgIpc) is 2.04. The largest absolute Gasteiger partial charge is 0.348 e. The molecule has 0 aromatic heterocycles. The summed E-state index contributed by atoms with van der Waals surface area (Å²) in [6, 6.07) is 0. The first-order valence-corrected chi connectivity index (χ1v) is 4.78. The first-order chi connectivity index (χ1) is 5.56. The van der Waals surface area contributed by atoms with Crippen molar-refractivity contribution < 1.29 is 4.79 Å². The molecule has 0 saturated heterocycles. The molecule has 0 aromatic carbocycles. The first-order valence-electron chi connectivity index (χ1n) is 4.78. The molecule has 0 radical (unpaired) electrons. The van der Waals surface area contributed by atoms with Crippen molar-refractivity contribution in [2.75, 3.05) is 14.1 Å². The lowest BCUT2D eigenvalue weighted by molar-refractivity contribution is -0.140. The van der Waals surface area contributed by atoms with Crippen molar-refractivity contribution >= 4 is 5.91 Å². The third-order valence-corrected chi connectivity index (χ3v) is 2.88. The fraction of sp³-hybridized carbons (Fsp3) is 0.900. The van der Waals surface area contributed by atoms with Gasteiger partial charge in [0.25, 0.3) is 0 Å². The van der Waals surface area contributed by atoms with Gasteiger partial charge < -0.3 is 4.90 Å². The van der Waals surface area contributed by atoms with E-state index in [1.165, 1.54) is 19.3 Å². The Labute approximate surface area is 74.9 Å². The zero-order valence-corrected chi connectivity index (χ0v) is 8.39. The Hall–Kier alpha value is -0.530. The van der Waals surface area contributed by atoms with E-state index in [0.29, 0.717) is 5.91 Å². The van der Waals surface area contributed by atoms with Crippen LogP contribution in [0.5, 0.6) is 0 Å². The second-order valence-corrected chi connectivity index (χ2v) is 4.32. The Balaban J connectivity index is 2.62. The minimum Gasteiger partial charge on any atom is -0.348 e. The lowest BCUT2D eigenvalue weighted by Gasteiger charge is -2.34. The highest BCUT2D eigenvalue weighted by Crippen LogP contribution is 2.36. The van der Waals surface area contributed by atoms with Gasteiger partial charge in [0.1, 0.15) is 0 Å². The second-order valence-electron chi connectivity index (χ2n) is 4.32. The maximum Gasteiger partial charge on any atom is 0.227 e. The molecule has 0 heterocycles. The SMILES string of the molecule is CN(C)C(=O)C1(C)CCCCC1. The van der Waals surface area contributed by atoms with Gasteiger partial charge in [-0.15, -0.1) is 0 Å². The van der Waals surface area contributed by atoms with Crippen molar-refractivity contribution in [3.63, 3.8) is 0 Å². The molecule has 1 aliphatic rings. The minimum atomic E-state index is -0.0538. The van der Waals surface area contributed by atoms with Crippen molar-refractivity contribution in [1.29, 1.82) is 0 Å². The van der Waals surface area contributed by atoms with Crippen molar-refractivity contribution in [1.82, 2.24) is 4.90 Å². The first kappa shape index (κ1) is 9.56. The molecule has 1 aliphatic carbocycles. The molecule has 1 saturated carbocycles. The quantitative estimate of drug-likeness (QED) is 0.588. The third-order valence-electron chi connectivity index (χ3n) is 2.88. The number of amides is 1. The number of hydrogen-bond acceptors (Lipinski definition) is 1. The van der Waals surface area contributed by atoms with Crippen LogP contribution in [-0.2, 0) is 4.79 Å². The molecule has 2 nitrogen and oxygen atoms in total. The summed E-state index contributed by atoms with van der Waals surface area (Å²) >= 11 is 0. The van der Waals surface area contributed by atoms with Crippen LogP contribution in [0.3, 0.4) is 0 Å². The van der Waals surface area contributed by atoms with E-state index in [9.17, 15) is 4.79 Å². The zero-order chi connectivity index (χ0) is 9.19. The highest BCUT2D eigenvalue weighted by Gasteiger charge is 2.35. The van der Waals surface area contributed by atoms with Crippen molar-refractivity contribution in [2.45, 2.75) is 39.0 Å². The van der Waals surface area contributed by atoms with Crippen molar-refractivity contribution in [3.8, 4) is 0 Å². The van der Waals surface area contributed by atoms with E-state index in [2.05, 4.69) is 6.92 Å². The number of carbonyl (C=O) groups excluding carboxylic acids is 1. The molecule has 0 spiro atoms. The topological polar surface area (TPSA) is 20.3 Å². The molecule has 1 rings (SSSR count). The Bertz CT molecular complexity index is 169. The van der Waals surface area contributed by atoms with Gasteiger partial charge in [-0.1, -0.05) is 26.2 Å². The van der Waals surface area contributed by atoms with Crippen molar-refractivity contribution in [3.05, 3.63) is 0 Å². The van der Waals surface area contributed by atoms with E-state index in [-0.39, 0.29) is 5.41 Å². The van der Waals surface area contributed by atoms with E-state index < -0.39 is 0 Å². The normalized spacial score (nSPS) is 21.9. The van der Waals surface area contributed by atoms with E-state index in [1.807, 2.05) is 14.1 Å². The van der Waals surface area contributed by atoms with Gasteiger partial charge in [-0.25, -0.2) is 0 Å². The highest BCUT2D eigenvalue weighted by atomic mass is 16.2. The molecule has 2 heteroatoms. The maximum absolute atomic E-state index is 11.7. The maximum atomic E-state index is 11.7. The minimum absolute atomic E-state index is 0.0538. The summed E-state index contributed by atoms with van der Waals surface area (Å²) in [6.45, 7) is 2.11. The predicted molar refractivity (Wildman–Crippen MR) is 49.9 cm³/mol. The van der Waals surface area contributed by atoms with E-state index in [0.717, 1.165) is 12.8 Å². The number of hydrogen-bond donors (Lipinski definition) is 0. The molecule has 0 aromatic rings. The molecule has 12 heavy (non-hydrogen) atoms. The van der Waals surface area contributed by atoms with Gasteiger partial charge in [0.05, 0.1) is 0 Å². The van der Waals surface area contributed by atoms with Gasteiger partial charge in [0, 0.05) is 19.5 Å². The summed E-state index contributed by atoms with van der Waals surface area (Å²) in [5.41, 5.74) is -0.0538. The van der Waals surface area contributed by atoms with Gasteiger partial charge in [-0.2, -0.15) is 0 Å². The summed E-state index contributed by atoms with van der Waals surface area (Å²) in [4.78, 5) is 13.5. The van der Waals surface area contributed by atoms with Crippen LogP contribution >= 0.6 is 0 Å². The van der Waals surface area contributed by atoms with Crippen LogP contribution in [0, 0.1) is 5.41 Å². The highest BCUT2D eigenvalue weighted by molar-refractivity contribution is 5.81. The Morgan fingerprint density at radius 2 is 1.67 bits per heavy atom. The van der Waals surface area contributed by atoms with Gasteiger partial charge in [0.15, 0.2) is 0 Å². The monoisotopic (exact) mass is 169 g/mol. The molecule has 0 unspecified atom stereocenters. The average molecular weight is 169 g/mol. The summed E-state index contributed by atoms with van der Waals surface area (Å²) in [5.74, 6) is 0.308. The molecular formula is C10H19NO. The zero-order valence-electron chi connectivity index (χ0n) is 8.39. The van der Waals surface area contributed by atoms with Crippen LogP contribution in [0.15, 0.2) is 0 Å². The summed E-state index contributed by atoms with van der Waals surface area (Å²) in [7, 11) is 3.70. The third kappa shape index (κ3) is 1.79. The molecule has 0 N–H and O–H groups in total. The van der Waals surface area contributed by atoms with Gasteiger partial charge >= 0.3 is 0 Å². The van der Waals surface area contributed by atoms with Crippen LogP contribution in [0.1, 0.15) is 39.0 Å². The van der Waals surface area contributed by atoms with Gasteiger partial charge in [-0.3, -0.25) is 4.79 Å². The van der Waals surface area contributed by atoms with E-state index in [4.69, 9.17) is 0 Å². The van der Waals surface area contributed by atoms with E-state index >= 15 is 0 Å². The molecule has 1 fully saturated rings. The lowest BCUT2D eigenvalue weighted by Crippen LogP contribution is -2.39. The number of carbonyl (C=O) groups is 1. The number of rotatable bonds is 1. The van der Waals surface area contributed by atoms with Crippen LogP contribution in [0.25, 0.3) is 0 Å². The number of nitrogens with zero attached hydrogens (tertiary/aromatic N) is 1. The molecular weight excluding hydrogens is 150 g/mol. The smallest absolute Gasteiger partial charge is 0.227 e. The lowest BCUT2D eigenvalue weighted by atomic mass is 9.75.